The van der Waals surface area contributed by atoms with Crippen LogP contribution in [-0.4, -0.2) is 36.3 Å². The Bertz CT molecular complexity index is 1250. The normalized spacial score (nSPS) is 12.8. The van der Waals surface area contributed by atoms with E-state index in [1.807, 2.05) is 76.7 Å². The molecular weight excluding hydrogens is 555 g/mol. The zero-order valence-corrected chi connectivity index (χ0v) is 18.4. The first-order valence-electron chi connectivity index (χ1n) is 9.03. The van der Waals surface area contributed by atoms with Gasteiger partial charge in [-0.05, 0) is 37.1 Å². The molecule has 0 unspecified atom stereocenters. The van der Waals surface area contributed by atoms with E-state index in [1.165, 1.54) is 6.33 Å². The quantitative estimate of drug-likeness (QED) is 0.227. The number of rotatable bonds is 1. The summed E-state index contributed by atoms with van der Waals surface area (Å²) in [7, 11) is 2.00. The number of anilines is 1. The van der Waals surface area contributed by atoms with Gasteiger partial charge in [-0.2, -0.15) is 37.0 Å². The second-order valence-corrected chi connectivity index (χ2v) is 6.44. The van der Waals surface area contributed by atoms with Gasteiger partial charge in [-0.3, -0.25) is 0 Å². The number of hydrogen-bond donors (Lipinski definition) is 0. The number of pyridine rings is 2. The first-order valence-corrected chi connectivity index (χ1v) is 9.03. The van der Waals surface area contributed by atoms with Crippen LogP contribution in [0.15, 0.2) is 73.7 Å². The number of nitrogens with zero attached hydrogens (tertiary/aromatic N) is 7. The molecule has 0 aliphatic carbocycles. The Balaban J connectivity index is 0.000000149. The van der Waals surface area contributed by atoms with Gasteiger partial charge in [0.2, 0.25) is 0 Å². The molecule has 0 spiro atoms. The van der Waals surface area contributed by atoms with Crippen molar-refractivity contribution in [3.05, 3.63) is 92.6 Å². The molecule has 1 aromatic carbocycles. The zero-order valence-electron chi connectivity index (χ0n) is 16.0. The van der Waals surface area contributed by atoms with Crippen molar-refractivity contribution in [2.24, 2.45) is 0 Å². The molecule has 0 fully saturated rings. The Morgan fingerprint density at radius 2 is 1.87 bits per heavy atom. The predicted molar refractivity (Wildman–Crippen MR) is 111 cm³/mol. The van der Waals surface area contributed by atoms with E-state index in [2.05, 4.69) is 32.2 Å². The average Bonchev–Trinajstić information content (AvgIpc) is 3.45. The van der Waals surface area contributed by atoms with Crippen molar-refractivity contribution in [1.29, 1.82) is 0 Å². The average molecular weight is 571 g/mol. The Morgan fingerprint density at radius 1 is 0.967 bits per heavy atom. The van der Waals surface area contributed by atoms with Crippen molar-refractivity contribution >= 4 is 33.3 Å². The number of para-hydroxylation sites is 1. The molecule has 4 aromatic heterocycles. The summed E-state index contributed by atoms with van der Waals surface area (Å²) in [4.78, 5) is 21.0. The summed E-state index contributed by atoms with van der Waals surface area (Å²) in [5, 5.41) is 1.89. The molecule has 30 heavy (non-hydrogen) atoms. The van der Waals surface area contributed by atoms with Gasteiger partial charge in [-0.25, -0.2) is 9.97 Å². The fraction of sp³-hybridized carbons (Fsp3) is 0.0455. The number of aromatic nitrogens is 5. The van der Waals surface area contributed by atoms with Crippen LogP contribution in [0, 0.1) is 18.9 Å². The number of imidazole rings is 1. The van der Waals surface area contributed by atoms with E-state index < -0.39 is 0 Å². The van der Waals surface area contributed by atoms with E-state index in [0.717, 1.165) is 33.3 Å². The maximum Gasteiger partial charge on any atom is 3.00 e. The smallest absolute Gasteiger partial charge is 0.510 e. The molecule has 148 valence electrons. The van der Waals surface area contributed by atoms with Gasteiger partial charge in [0.25, 0.3) is 0 Å². The van der Waals surface area contributed by atoms with Crippen molar-refractivity contribution in [2.45, 2.75) is 0 Å². The van der Waals surface area contributed by atoms with Crippen molar-refractivity contribution in [2.75, 3.05) is 11.9 Å². The van der Waals surface area contributed by atoms with Crippen molar-refractivity contribution < 1.29 is 20.1 Å². The summed E-state index contributed by atoms with van der Waals surface area (Å²) < 4.78 is 1.83. The molecule has 8 heteroatoms. The second-order valence-electron chi connectivity index (χ2n) is 6.44. The van der Waals surface area contributed by atoms with E-state index in [-0.39, 0.29) is 20.1 Å². The Kier molecular flexibility index (Phi) is 5.70. The zero-order chi connectivity index (χ0) is 19.6. The number of hydrogen-bond acceptors (Lipinski definition) is 6. The maximum absolute atomic E-state index is 4.36. The first-order chi connectivity index (χ1) is 14.3. The van der Waals surface area contributed by atoms with E-state index in [0.29, 0.717) is 0 Å². The molecule has 6 rings (SSSR count). The fourth-order valence-electron chi connectivity index (χ4n) is 3.22. The van der Waals surface area contributed by atoms with Crippen LogP contribution in [0.5, 0.6) is 0 Å². The third-order valence-electron chi connectivity index (χ3n) is 4.53. The molecule has 0 amide bonds. The summed E-state index contributed by atoms with van der Waals surface area (Å²) in [5.41, 5.74) is 3.53. The minimum Gasteiger partial charge on any atom is -0.510 e. The molecule has 0 saturated carbocycles. The molecule has 1 aliphatic rings. The first kappa shape index (κ1) is 19.9. The summed E-state index contributed by atoms with van der Waals surface area (Å²) >= 11 is 0. The molecular formula is C22H16IrN7. The van der Waals surface area contributed by atoms with Crippen molar-refractivity contribution in [1.82, 2.24) is 29.2 Å². The Labute approximate surface area is 187 Å². The van der Waals surface area contributed by atoms with Gasteiger partial charge in [-0.1, -0.05) is 12.3 Å². The molecule has 0 N–H and O–H groups in total. The van der Waals surface area contributed by atoms with Gasteiger partial charge in [0.15, 0.2) is 0 Å². The second kappa shape index (κ2) is 8.57. The van der Waals surface area contributed by atoms with E-state index in [4.69, 9.17) is 0 Å². The molecule has 1 aliphatic heterocycles. The SMILES string of the molecule is CN1C=CN(c2[c-]cccc2)[CH-]1.[Ir+3].[c-]1cnc2c3cncnc3c3cccnc3n12. The van der Waals surface area contributed by atoms with Gasteiger partial charge in [0.1, 0.15) is 6.33 Å². The van der Waals surface area contributed by atoms with Gasteiger partial charge >= 0.3 is 20.1 Å². The van der Waals surface area contributed by atoms with Crippen LogP contribution < -0.4 is 4.90 Å². The van der Waals surface area contributed by atoms with Gasteiger partial charge in [0.05, 0.1) is 5.52 Å². The molecule has 0 bridgehead atoms. The van der Waals surface area contributed by atoms with Crippen molar-refractivity contribution in [3.63, 3.8) is 0 Å². The molecule has 0 atom stereocenters. The number of benzene rings is 1. The molecule has 5 heterocycles. The third kappa shape index (κ3) is 3.63. The monoisotopic (exact) mass is 571 g/mol. The number of fused-ring (bicyclic) bond motifs is 6. The maximum atomic E-state index is 4.36. The van der Waals surface area contributed by atoms with Crippen molar-refractivity contribution in [3.8, 4) is 0 Å². The summed E-state index contributed by atoms with van der Waals surface area (Å²) in [6.45, 7) is 2.01. The molecule has 7 nitrogen and oxygen atoms in total. The van der Waals surface area contributed by atoms with E-state index >= 15 is 0 Å². The predicted octanol–water partition coefficient (Wildman–Crippen LogP) is 3.45. The van der Waals surface area contributed by atoms with Crippen LogP contribution in [0.2, 0.25) is 0 Å². The summed E-state index contributed by atoms with van der Waals surface area (Å²) in [5.74, 6) is 0. The van der Waals surface area contributed by atoms with Gasteiger partial charge < -0.3 is 24.2 Å². The topological polar surface area (TPSA) is 62.5 Å². The van der Waals surface area contributed by atoms with E-state index in [1.54, 1.807) is 18.6 Å². The fourth-order valence-corrected chi connectivity index (χ4v) is 3.22. The molecule has 0 radical (unpaired) electrons. The largest absolute Gasteiger partial charge is 3.00 e. The van der Waals surface area contributed by atoms with Crippen LogP contribution >= 0.6 is 0 Å². The Hall–Kier alpha value is -3.35. The molecule has 0 saturated heterocycles. The van der Waals surface area contributed by atoms with Crippen LogP contribution in [0.3, 0.4) is 0 Å². The van der Waals surface area contributed by atoms with Gasteiger partial charge in [0, 0.05) is 29.1 Å². The van der Waals surface area contributed by atoms with E-state index in [9.17, 15) is 0 Å². The van der Waals surface area contributed by atoms with Crippen LogP contribution in [0.25, 0.3) is 27.6 Å². The standard InChI is InChI=1S/C12H6N5.C10H10N2.Ir/c1-2-8-10-9(6-13-7-16-10)12-15-4-5-17(12)11(8)14-3-1;1-11-7-8-12(9-11)10-5-3-2-4-6-10;/h1-4,6-7H;2-5,7-9H,1H3;/q-1;-2;+3. The Morgan fingerprint density at radius 3 is 2.67 bits per heavy atom. The van der Waals surface area contributed by atoms with Crippen LogP contribution in [0.4, 0.5) is 5.69 Å². The minimum atomic E-state index is 0. The summed E-state index contributed by atoms with van der Waals surface area (Å²) in [6.07, 6.45) is 13.7. The van der Waals surface area contributed by atoms with Gasteiger partial charge in [-0.15, -0.1) is 5.69 Å². The molecule has 5 aromatic rings. The van der Waals surface area contributed by atoms with Crippen LogP contribution in [-0.2, 0) is 20.1 Å². The third-order valence-corrected chi connectivity index (χ3v) is 4.53. The minimum absolute atomic E-state index is 0. The summed E-state index contributed by atoms with van der Waals surface area (Å²) in [6, 6.07) is 14.9. The van der Waals surface area contributed by atoms with Crippen LogP contribution in [0.1, 0.15) is 0 Å².